The first-order valence-electron chi connectivity index (χ1n) is 9.44. The van der Waals surface area contributed by atoms with Crippen LogP contribution in [0.3, 0.4) is 0 Å². The highest BCUT2D eigenvalue weighted by molar-refractivity contribution is 7.18. The highest BCUT2D eigenvalue weighted by atomic mass is 32.1. The number of aryl methyl sites for hydroxylation is 2. The number of nitrogens with one attached hydrogen (secondary N) is 1. The van der Waals surface area contributed by atoms with Crippen LogP contribution in [0.25, 0.3) is 10.2 Å². The van der Waals surface area contributed by atoms with E-state index in [1.54, 1.807) is 11.3 Å². The summed E-state index contributed by atoms with van der Waals surface area (Å²) in [6.45, 7) is 2.25. The standard InChI is InChI=1S/C22H21N3O2S2/c1-15-9-11-16(12-10-15)23-22-24-17(14-28-22)13-27-21(26)8-4-7-20-25-18-5-2-3-6-19(18)29-20/h2-3,5-6,9-12,14H,4,7-8,13H2,1H3,(H,23,24). The summed E-state index contributed by atoms with van der Waals surface area (Å²) >= 11 is 3.18. The summed E-state index contributed by atoms with van der Waals surface area (Å²) in [5, 5.41) is 7.02. The third-order valence-corrected chi connectivity index (χ3v) is 6.25. The van der Waals surface area contributed by atoms with E-state index in [4.69, 9.17) is 4.74 Å². The highest BCUT2D eigenvalue weighted by Gasteiger charge is 2.09. The number of anilines is 2. The second-order valence-corrected chi connectivity index (χ2v) is 8.70. The van der Waals surface area contributed by atoms with Gasteiger partial charge in [0.05, 0.1) is 20.9 Å². The Balaban J connectivity index is 1.20. The van der Waals surface area contributed by atoms with Crippen molar-refractivity contribution in [2.45, 2.75) is 32.8 Å². The molecule has 2 aromatic heterocycles. The molecule has 2 aromatic carbocycles. The molecule has 0 bridgehead atoms. The van der Waals surface area contributed by atoms with E-state index in [9.17, 15) is 4.79 Å². The summed E-state index contributed by atoms with van der Waals surface area (Å²) in [5.74, 6) is -0.202. The maximum Gasteiger partial charge on any atom is 0.306 e. The molecule has 0 radical (unpaired) electrons. The predicted octanol–water partition coefficient (Wildman–Crippen LogP) is 5.87. The lowest BCUT2D eigenvalue weighted by Gasteiger charge is -2.03. The Morgan fingerprint density at radius 3 is 2.76 bits per heavy atom. The summed E-state index contributed by atoms with van der Waals surface area (Å²) in [5.41, 5.74) is 3.98. The number of carbonyl (C=O) groups excluding carboxylic acids is 1. The van der Waals surface area contributed by atoms with Crippen molar-refractivity contribution < 1.29 is 9.53 Å². The molecule has 0 atom stereocenters. The molecule has 0 unspecified atom stereocenters. The van der Waals surface area contributed by atoms with E-state index in [2.05, 4.69) is 28.3 Å². The molecule has 0 aliphatic rings. The van der Waals surface area contributed by atoms with Crippen molar-refractivity contribution in [1.82, 2.24) is 9.97 Å². The number of ether oxygens (including phenoxy) is 1. The highest BCUT2D eigenvalue weighted by Crippen LogP contribution is 2.23. The van der Waals surface area contributed by atoms with Crippen LogP contribution in [-0.4, -0.2) is 15.9 Å². The molecule has 2 heterocycles. The fraction of sp³-hybridized carbons (Fsp3) is 0.227. The number of aromatic nitrogens is 2. The first kappa shape index (κ1) is 19.5. The van der Waals surface area contributed by atoms with Gasteiger partial charge in [-0.1, -0.05) is 29.8 Å². The van der Waals surface area contributed by atoms with Gasteiger partial charge < -0.3 is 10.1 Å². The van der Waals surface area contributed by atoms with E-state index in [0.717, 1.165) is 39.9 Å². The number of nitrogens with zero attached hydrogens (tertiary/aromatic N) is 2. The molecule has 5 nitrogen and oxygen atoms in total. The van der Waals surface area contributed by atoms with Crippen molar-refractivity contribution in [2.24, 2.45) is 0 Å². The average Bonchev–Trinajstić information content (AvgIpc) is 3.34. The first-order valence-corrected chi connectivity index (χ1v) is 11.1. The summed E-state index contributed by atoms with van der Waals surface area (Å²) in [7, 11) is 0. The third-order valence-electron chi connectivity index (χ3n) is 4.35. The summed E-state index contributed by atoms with van der Waals surface area (Å²) in [6.07, 6.45) is 1.90. The normalized spacial score (nSPS) is 10.9. The number of benzene rings is 2. The van der Waals surface area contributed by atoms with Crippen LogP contribution in [0, 0.1) is 6.92 Å². The number of fused-ring (bicyclic) bond motifs is 1. The maximum atomic E-state index is 12.0. The quantitative estimate of drug-likeness (QED) is 0.359. The van der Waals surface area contributed by atoms with Gasteiger partial charge in [-0.3, -0.25) is 4.79 Å². The molecule has 0 saturated carbocycles. The summed E-state index contributed by atoms with van der Waals surface area (Å²) < 4.78 is 6.55. The Labute approximate surface area is 177 Å². The van der Waals surface area contributed by atoms with Gasteiger partial charge in [0.1, 0.15) is 6.61 Å². The largest absolute Gasteiger partial charge is 0.459 e. The van der Waals surface area contributed by atoms with E-state index in [1.807, 2.05) is 47.8 Å². The zero-order chi connectivity index (χ0) is 20.1. The predicted molar refractivity (Wildman–Crippen MR) is 119 cm³/mol. The zero-order valence-corrected chi connectivity index (χ0v) is 17.7. The fourth-order valence-electron chi connectivity index (χ4n) is 2.83. The second kappa shape index (κ2) is 9.15. The van der Waals surface area contributed by atoms with Gasteiger partial charge in [0.2, 0.25) is 0 Å². The Morgan fingerprint density at radius 1 is 1.10 bits per heavy atom. The van der Waals surface area contributed by atoms with E-state index in [1.165, 1.54) is 21.6 Å². The molecule has 0 amide bonds. The number of esters is 1. The smallest absolute Gasteiger partial charge is 0.306 e. The number of para-hydroxylation sites is 1. The SMILES string of the molecule is Cc1ccc(Nc2nc(COC(=O)CCCc3nc4ccccc4s3)cs2)cc1. The lowest BCUT2D eigenvalue weighted by molar-refractivity contribution is -0.145. The maximum absolute atomic E-state index is 12.0. The van der Waals surface area contributed by atoms with Crippen LogP contribution in [0.2, 0.25) is 0 Å². The van der Waals surface area contributed by atoms with Crippen molar-refractivity contribution in [2.75, 3.05) is 5.32 Å². The summed E-state index contributed by atoms with van der Waals surface area (Å²) in [6, 6.07) is 16.2. The molecule has 4 rings (SSSR count). The zero-order valence-electron chi connectivity index (χ0n) is 16.1. The Hall–Kier alpha value is -2.77. The molecule has 29 heavy (non-hydrogen) atoms. The van der Waals surface area contributed by atoms with Crippen molar-refractivity contribution in [1.29, 1.82) is 0 Å². The number of rotatable bonds is 8. The molecule has 0 fully saturated rings. The Bertz CT molecular complexity index is 1070. The molecular weight excluding hydrogens is 402 g/mol. The molecule has 7 heteroatoms. The lowest BCUT2D eigenvalue weighted by Crippen LogP contribution is -2.05. The molecule has 4 aromatic rings. The minimum atomic E-state index is -0.202. The van der Waals surface area contributed by atoms with Gasteiger partial charge in [0.15, 0.2) is 5.13 Å². The van der Waals surface area contributed by atoms with Crippen LogP contribution in [0.4, 0.5) is 10.8 Å². The third kappa shape index (κ3) is 5.40. The second-order valence-electron chi connectivity index (χ2n) is 6.72. The monoisotopic (exact) mass is 423 g/mol. The average molecular weight is 424 g/mol. The van der Waals surface area contributed by atoms with Crippen molar-refractivity contribution in [3.05, 3.63) is 70.2 Å². The molecule has 0 spiro atoms. The van der Waals surface area contributed by atoms with E-state index in [0.29, 0.717) is 6.42 Å². The Morgan fingerprint density at radius 2 is 1.93 bits per heavy atom. The molecule has 0 saturated heterocycles. The van der Waals surface area contributed by atoms with Gasteiger partial charge in [0.25, 0.3) is 0 Å². The van der Waals surface area contributed by atoms with Crippen molar-refractivity contribution in [3.8, 4) is 0 Å². The molecular formula is C22H21N3O2S2. The molecule has 148 valence electrons. The van der Waals surface area contributed by atoms with Crippen LogP contribution in [-0.2, 0) is 22.6 Å². The van der Waals surface area contributed by atoms with E-state index < -0.39 is 0 Å². The van der Waals surface area contributed by atoms with Crippen LogP contribution in [0.5, 0.6) is 0 Å². The van der Waals surface area contributed by atoms with Gasteiger partial charge in [-0.05, 0) is 44.0 Å². The number of carbonyl (C=O) groups is 1. The van der Waals surface area contributed by atoms with Gasteiger partial charge in [-0.2, -0.15) is 0 Å². The molecule has 1 N–H and O–H groups in total. The van der Waals surface area contributed by atoms with Crippen LogP contribution >= 0.6 is 22.7 Å². The van der Waals surface area contributed by atoms with Gasteiger partial charge in [0, 0.05) is 17.5 Å². The van der Waals surface area contributed by atoms with Crippen LogP contribution in [0.15, 0.2) is 53.9 Å². The molecule has 0 aliphatic heterocycles. The molecule has 0 aliphatic carbocycles. The van der Waals surface area contributed by atoms with E-state index >= 15 is 0 Å². The lowest BCUT2D eigenvalue weighted by atomic mass is 10.2. The number of hydrogen-bond acceptors (Lipinski definition) is 7. The van der Waals surface area contributed by atoms with Gasteiger partial charge >= 0.3 is 5.97 Å². The van der Waals surface area contributed by atoms with Crippen LogP contribution in [0.1, 0.15) is 29.1 Å². The van der Waals surface area contributed by atoms with Crippen LogP contribution < -0.4 is 5.32 Å². The number of thiazole rings is 2. The van der Waals surface area contributed by atoms with E-state index in [-0.39, 0.29) is 12.6 Å². The van der Waals surface area contributed by atoms with Gasteiger partial charge in [-0.25, -0.2) is 9.97 Å². The van der Waals surface area contributed by atoms with Gasteiger partial charge in [-0.15, -0.1) is 22.7 Å². The number of hydrogen-bond donors (Lipinski definition) is 1. The summed E-state index contributed by atoms with van der Waals surface area (Å²) in [4.78, 5) is 21.1. The topological polar surface area (TPSA) is 64.1 Å². The van der Waals surface area contributed by atoms with Crippen molar-refractivity contribution in [3.63, 3.8) is 0 Å². The Kier molecular flexibility index (Phi) is 6.17. The van der Waals surface area contributed by atoms with Crippen molar-refractivity contribution >= 4 is 49.7 Å². The minimum Gasteiger partial charge on any atom is -0.459 e. The minimum absolute atomic E-state index is 0.200. The fourth-order valence-corrected chi connectivity index (χ4v) is 4.55. The first-order chi connectivity index (χ1) is 14.2.